The Hall–Kier alpha value is -3.08. The minimum atomic E-state index is -0.549. The zero-order valence-electron chi connectivity index (χ0n) is 15.2. The van der Waals surface area contributed by atoms with E-state index in [-0.39, 0.29) is 6.61 Å². The van der Waals surface area contributed by atoms with Crippen LogP contribution in [-0.4, -0.2) is 17.7 Å². The Balaban J connectivity index is 1.83. The van der Waals surface area contributed by atoms with Crippen LogP contribution in [-0.2, 0) is 20.9 Å². The summed E-state index contributed by atoms with van der Waals surface area (Å²) in [6.07, 6.45) is 2.52. The van der Waals surface area contributed by atoms with Gasteiger partial charge in [0, 0.05) is 11.8 Å². The summed E-state index contributed by atoms with van der Waals surface area (Å²) >= 11 is 0. The van der Waals surface area contributed by atoms with Crippen molar-refractivity contribution in [2.75, 3.05) is 5.32 Å². The van der Waals surface area contributed by atoms with Crippen LogP contribution in [0.2, 0.25) is 0 Å². The van der Waals surface area contributed by atoms with Gasteiger partial charge in [0.05, 0.1) is 0 Å². The molecule has 0 saturated heterocycles. The minimum absolute atomic E-state index is 0.239. The van der Waals surface area contributed by atoms with Crippen molar-refractivity contribution in [2.45, 2.75) is 33.0 Å². The fourth-order valence-electron chi connectivity index (χ4n) is 2.04. The second kappa shape index (κ2) is 8.85. The maximum absolute atomic E-state index is 11.8. The van der Waals surface area contributed by atoms with Crippen LogP contribution < -0.4 is 5.32 Å². The van der Waals surface area contributed by atoms with Gasteiger partial charge in [0.25, 0.3) is 0 Å². The van der Waals surface area contributed by atoms with Crippen LogP contribution in [0.3, 0.4) is 0 Å². The molecule has 0 aromatic heterocycles. The van der Waals surface area contributed by atoms with Crippen molar-refractivity contribution in [1.29, 1.82) is 0 Å². The molecule has 0 fully saturated rings. The number of amides is 1. The Morgan fingerprint density at radius 3 is 2.27 bits per heavy atom. The van der Waals surface area contributed by atoms with Crippen LogP contribution in [0.4, 0.5) is 10.5 Å². The Bertz CT molecular complexity index is 759. The van der Waals surface area contributed by atoms with Gasteiger partial charge in [-0.25, -0.2) is 9.59 Å². The van der Waals surface area contributed by atoms with E-state index >= 15 is 0 Å². The molecule has 1 amide bonds. The molecule has 5 nitrogen and oxygen atoms in total. The number of hydrogen-bond acceptors (Lipinski definition) is 4. The number of anilines is 1. The summed E-state index contributed by atoms with van der Waals surface area (Å²) in [4.78, 5) is 23.5. The number of benzene rings is 2. The summed E-state index contributed by atoms with van der Waals surface area (Å²) in [7, 11) is 0. The number of ether oxygens (including phenoxy) is 2. The molecule has 0 unspecified atom stereocenters. The van der Waals surface area contributed by atoms with Gasteiger partial charge in [0.1, 0.15) is 12.2 Å². The van der Waals surface area contributed by atoms with E-state index in [2.05, 4.69) is 5.32 Å². The van der Waals surface area contributed by atoms with Crippen LogP contribution in [0.1, 0.15) is 31.9 Å². The van der Waals surface area contributed by atoms with E-state index in [1.807, 2.05) is 30.3 Å². The Morgan fingerprint density at radius 2 is 1.65 bits per heavy atom. The normalized spacial score (nSPS) is 11.2. The van der Waals surface area contributed by atoms with E-state index in [4.69, 9.17) is 9.47 Å². The van der Waals surface area contributed by atoms with Crippen LogP contribution >= 0.6 is 0 Å². The number of nitrogens with one attached hydrogen (secondary N) is 1. The highest BCUT2D eigenvalue weighted by Gasteiger charge is 2.15. The molecule has 136 valence electrons. The van der Waals surface area contributed by atoms with Crippen LogP contribution in [0.5, 0.6) is 0 Å². The first-order chi connectivity index (χ1) is 12.3. The molecule has 2 aromatic carbocycles. The molecule has 26 heavy (non-hydrogen) atoms. The fraction of sp³-hybridized carbons (Fsp3) is 0.238. The predicted molar refractivity (Wildman–Crippen MR) is 102 cm³/mol. The molecule has 2 aromatic rings. The molecule has 0 bridgehead atoms. The molecule has 0 radical (unpaired) electrons. The molecule has 0 atom stereocenters. The van der Waals surface area contributed by atoms with E-state index in [0.29, 0.717) is 5.69 Å². The van der Waals surface area contributed by atoms with E-state index < -0.39 is 17.7 Å². The lowest BCUT2D eigenvalue weighted by atomic mass is 10.2. The number of carbonyl (C=O) groups is 2. The largest absolute Gasteiger partial charge is 0.458 e. The smallest absolute Gasteiger partial charge is 0.412 e. The topological polar surface area (TPSA) is 64.6 Å². The van der Waals surface area contributed by atoms with Gasteiger partial charge in [0.2, 0.25) is 0 Å². The zero-order valence-corrected chi connectivity index (χ0v) is 15.2. The van der Waals surface area contributed by atoms with E-state index in [1.54, 1.807) is 51.1 Å². The third-order valence-electron chi connectivity index (χ3n) is 3.19. The third kappa shape index (κ3) is 7.21. The van der Waals surface area contributed by atoms with Gasteiger partial charge in [-0.2, -0.15) is 0 Å². The number of esters is 1. The van der Waals surface area contributed by atoms with Gasteiger partial charge in [-0.3, -0.25) is 5.32 Å². The minimum Gasteiger partial charge on any atom is -0.458 e. The van der Waals surface area contributed by atoms with Gasteiger partial charge < -0.3 is 9.47 Å². The van der Waals surface area contributed by atoms with Crippen molar-refractivity contribution in [3.05, 3.63) is 71.8 Å². The number of carbonyl (C=O) groups excluding carboxylic acids is 2. The van der Waals surface area contributed by atoms with Crippen LogP contribution in [0.25, 0.3) is 6.08 Å². The van der Waals surface area contributed by atoms with Crippen molar-refractivity contribution >= 4 is 23.8 Å². The lowest BCUT2D eigenvalue weighted by Gasteiger charge is -2.19. The first-order valence-corrected chi connectivity index (χ1v) is 8.31. The van der Waals surface area contributed by atoms with E-state index in [1.165, 1.54) is 6.08 Å². The molecular weight excluding hydrogens is 330 g/mol. The molecule has 2 rings (SSSR count). The van der Waals surface area contributed by atoms with Crippen molar-refractivity contribution < 1.29 is 19.1 Å². The van der Waals surface area contributed by atoms with Gasteiger partial charge in [-0.05, 0) is 50.1 Å². The Labute approximate surface area is 153 Å². The third-order valence-corrected chi connectivity index (χ3v) is 3.19. The van der Waals surface area contributed by atoms with Crippen molar-refractivity contribution in [2.24, 2.45) is 0 Å². The number of hydrogen-bond donors (Lipinski definition) is 1. The second-order valence-corrected chi connectivity index (χ2v) is 6.68. The highest BCUT2D eigenvalue weighted by atomic mass is 16.6. The summed E-state index contributed by atoms with van der Waals surface area (Å²) in [5.41, 5.74) is 1.82. The quantitative estimate of drug-likeness (QED) is 0.620. The Kier molecular flexibility index (Phi) is 6.55. The molecule has 1 N–H and O–H groups in total. The van der Waals surface area contributed by atoms with E-state index in [0.717, 1.165) is 11.1 Å². The molecule has 0 saturated carbocycles. The molecule has 0 aliphatic heterocycles. The Morgan fingerprint density at radius 1 is 1.00 bits per heavy atom. The van der Waals surface area contributed by atoms with Gasteiger partial charge in [-0.1, -0.05) is 42.5 Å². The van der Waals surface area contributed by atoms with Crippen molar-refractivity contribution in [3.63, 3.8) is 0 Å². The van der Waals surface area contributed by atoms with Gasteiger partial charge in [0.15, 0.2) is 0 Å². The molecule has 0 heterocycles. The van der Waals surface area contributed by atoms with Crippen molar-refractivity contribution in [1.82, 2.24) is 0 Å². The monoisotopic (exact) mass is 353 g/mol. The summed E-state index contributed by atoms with van der Waals surface area (Å²) < 4.78 is 10.4. The van der Waals surface area contributed by atoms with Gasteiger partial charge >= 0.3 is 12.1 Å². The van der Waals surface area contributed by atoms with Crippen LogP contribution in [0, 0.1) is 0 Å². The highest BCUT2D eigenvalue weighted by Crippen LogP contribution is 2.14. The van der Waals surface area contributed by atoms with Crippen LogP contribution in [0.15, 0.2) is 60.7 Å². The molecule has 0 aliphatic carbocycles. The summed E-state index contributed by atoms with van der Waals surface area (Å²) in [6.45, 7) is 5.65. The SMILES string of the molecule is CC(C)(C)OC(=O)Nc1ccc(/C=C/C(=O)OCc2ccccc2)cc1. The maximum Gasteiger partial charge on any atom is 0.412 e. The summed E-state index contributed by atoms with van der Waals surface area (Å²) in [5, 5.41) is 2.65. The second-order valence-electron chi connectivity index (χ2n) is 6.68. The average Bonchev–Trinajstić information content (AvgIpc) is 2.58. The predicted octanol–water partition coefficient (Wildman–Crippen LogP) is 4.79. The lowest BCUT2D eigenvalue weighted by molar-refractivity contribution is -0.138. The zero-order chi connectivity index (χ0) is 19.0. The molecule has 5 heteroatoms. The first-order valence-electron chi connectivity index (χ1n) is 8.31. The lowest BCUT2D eigenvalue weighted by Crippen LogP contribution is -2.27. The van der Waals surface area contributed by atoms with Crippen molar-refractivity contribution in [3.8, 4) is 0 Å². The van der Waals surface area contributed by atoms with E-state index in [9.17, 15) is 9.59 Å². The summed E-state index contributed by atoms with van der Waals surface area (Å²) in [6, 6.07) is 16.5. The first kappa shape index (κ1) is 19.2. The molecule has 0 spiro atoms. The highest BCUT2D eigenvalue weighted by molar-refractivity contribution is 5.87. The molecule has 0 aliphatic rings. The van der Waals surface area contributed by atoms with Gasteiger partial charge in [-0.15, -0.1) is 0 Å². The molecular formula is C21H23NO4. The average molecular weight is 353 g/mol. The summed E-state index contributed by atoms with van der Waals surface area (Å²) in [5.74, 6) is -0.412. The number of rotatable bonds is 5. The maximum atomic E-state index is 11.8. The standard InChI is InChI=1S/C21H23NO4/c1-21(2,3)26-20(24)22-18-12-9-16(10-13-18)11-14-19(23)25-15-17-7-5-4-6-8-17/h4-14H,15H2,1-3H3,(H,22,24)/b14-11+. The fourth-order valence-corrected chi connectivity index (χ4v) is 2.04.